The minimum absolute atomic E-state index is 0.261. The molecular weight excluding hydrogens is 309 g/mol. The molecule has 0 saturated heterocycles. The molecule has 0 bridgehead atoms. The summed E-state index contributed by atoms with van der Waals surface area (Å²) in [5.41, 5.74) is 4.49. The Morgan fingerprint density at radius 2 is 2.12 bits per heavy atom. The first-order chi connectivity index (χ1) is 11.3. The summed E-state index contributed by atoms with van der Waals surface area (Å²) >= 11 is 0. The van der Waals surface area contributed by atoms with E-state index in [1.807, 2.05) is 6.07 Å². The molecule has 124 valence electrons. The lowest BCUT2D eigenvalue weighted by Gasteiger charge is -2.28. The SMILES string of the molecule is CC1(C)CCc2c(-c3cc4cc(F)c(C(=O)O)cc4[nH]3)n[nH]c2C1. The van der Waals surface area contributed by atoms with Gasteiger partial charge in [0.15, 0.2) is 0 Å². The highest BCUT2D eigenvalue weighted by atomic mass is 19.1. The fourth-order valence-electron chi connectivity index (χ4n) is 3.51. The first-order valence-electron chi connectivity index (χ1n) is 7.96. The molecule has 0 fully saturated rings. The Morgan fingerprint density at radius 1 is 1.33 bits per heavy atom. The maximum atomic E-state index is 13.9. The summed E-state index contributed by atoms with van der Waals surface area (Å²) in [5, 5.41) is 17.3. The van der Waals surface area contributed by atoms with Crippen molar-refractivity contribution in [1.82, 2.24) is 15.2 Å². The number of hydrogen-bond donors (Lipinski definition) is 3. The summed E-state index contributed by atoms with van der Waals surface area (Å²) in [4.78, 5) is 14.3. The van der Waals surface area contributed by atoms with Gasteiger partial charge in [-0.1, -0.05) is 13.8 Å². The van der Waals surface area contributed by atoms with Crippen LogP contribution in [0.1, 0.15) is 41.9 Å². The summed E-state index contributed by atoms with van der Waals surface area (Å²) in [6.45, 7) is 4.49. The lowest BCUT2D eigenvalue weighted by atomic mass is 9.76. The second kappa shape index (κ2) is 4.93. The van der Waals surface area contributed by atoms with Crippen molar-refractivity contribution in [3.05, 3.63) is 40.8 Å². The molecule has 6 heteroatoms. The summed E-state index contributed by atoms with van der Waals surface area (Å²) in [6, 6.07) is 4.40. The van der Waals surface area contributed by atoms with Crippen LogP contribution in [0.15, 0.2) is 18.2 Å². The van der Waals surface area contributed by atoms with Crippen molar-refractivity contribution in [2.75, 3.05) is 0 Å². The number of H-pyrrole nitrogens is 2. The highest BCUT2D eigenvalue weighted by Crippen LogP contribution is 2.38. The molecule has 0 aliphatic heterocycles. The van der Waals surface area contributed by atoms with E-state index in [9.17, 15) is 9.18 Å². The number of aromatic carboxylic acids is 1. The van der Waals surface area contributed by atoms with Crippen molar-refractivity contribution in [2.45, 2.75) is 33.1 Å². The maximum Gasteiger partial charge on any atom is 0.338 e. The van der Waals surface area contributed by atoms with E-state index in [1.165, 1.54) is 17.7 Å². The predicted octanol–water partition coefficient (Wildman–Crippen LogP) is 3.91. The summed E-state index contributed by atoms with van der Waals surface area (Å²) in [7, 11) is 0. The Kier molecular flexibility index (Phi) is 3.07. The normalized spacial score (nSPS) is 16.3. The van der Waals surface area contributed by atoms with Gasteiger partial charge >= 0.3 is 5.97 Å². The molecule has 1 aliphatic carbocycles. The van der Waals surface area contributed by atoms with Gasteiger partial charge in [0.05, 0.1) is 11.3 Å². The number of carboxylic acid groups (broad SMARTS) is 1. The minimum atomic E-state index is -1.27. The topological polar surface area (TPSA) is 81.8 Å². The zero-order valence-corrected chi connectivity index (χ0v) is 13.5. The Labute approximate surface area is 137 Å². The molecule has 0 amide bonds. The number of rotatable bonds is 2. The van der Waals surface area contributed by atoms with Crippen molar-refractivity contribution >= 4 is 16.9 Å². The fraction of sp³-hybridized carbons (Fsp3) is 0.333. The van der Waals surface area contributed by atoms with Gasteiger partial charge in [0.2, 0.25) is 0 Å². The van der Waals surface area contributed by atoms with E-state index in [0.717, 1.165) is 36.3 Å². The van der Waals surface area contributed by atoms with Gasteiger partial charge in [0.1, 0.15) is 11.5 Å². The van der Waals surface area contributed by atoms with Crippen LogP contribution in [0.5, 0.6) is 0 Å². The highest BCUT2D eigenvalue weighted by Gasteiger charge is 2.29. The first kappa shape index (κ1) is 14.9. The Bertz CT molecular complexity index is 968. The molecule has 1 aliphatic rings. The summed E-state index contributed by atoms with van der Waals surface area (Å²) in [6.07, 6.45) is 2.98. The average Bonchev–Trinajstić information content (AvgIpc) is 3.07. The standard InChI is InChI=1S/C18H18FN3O2/c1-18(2)4-3-10-15(8-18)21-22-16(10)14-6-9-5-12(19)11(17(23)24)7-13(9)20-14/h5-7,20H,3-4,8H2,1-2H3,(H,21,22)(H,23,24). The van der Waals surface area contributed by atoms with Gasteiger partial charge in [-0.05, 0) is 42.9 Å². The van der Waals surface area contributed by atoms with Crippen LogP contribution in [0.3, 0.4) is 0 Å². The molecule has 0 radical (unpaired) electrons. The monoisotopic (exact) mass is 327 g/mol. The number of aromatic nitrogens is 3. The smallest absolute Gasteiger partial charge is 0.338 e. The number of carbonyl (C=O) groups is 1. The summed E-state index contributed by atoms with van der Waals surface area (Å²) in [5.74, 6) is -2.00. The molecule has 0 atom stereocenters. The molecule has 24 heavy (non-hydrogen) atoms. The van der Waals surface area contributed by atoms with Crippen LogP contribution in [0, 0.1) is 11.2 Å². The number of fused-ring (bicyclic) bond motifs is 2. The zero-order chi connectivity index (χ0) is 17.1. The Balaban J connectivity index is 1.81. The Morgan fingerprint density at radius 3 is 2.88 bits per heavy atom. The first-order valence-corrected chi connectivity index (χ1v) is 7.96. The highest BCUT2D eigenvalue weighted by molar-refractivity contribution is 5.95. The second-order valence-electron chi connectivity index (χ2n) is 7.28. The average molecular weight is 327 g/mol. The van der Waals surface area contributed by atoms with E-state index in [1.54, 1.807) is 0 Å². The van der Waals surface area contributed by atoms with E-state index in [-0.39, 0.29) is 11.0 Å². The zero-order valence-electron chi connectivity index (χ0n) is 13.5. The van der Waals surface area contributed by atoms with E-state index in [4.69, 9.17) is 5.11 Å². The van der Waals surface area contributed by atoms with Gasteiger partial charge in [-0.25, -0.2) is 9.18 Å². The molecule has 0 spiro atoms. The van der Waals surface area contributed by atoms with Crippen LogP contribution in [0.2, 0.25) is 0 Å². The van der Waals surface area contributed by atoms with Crippen molar-refractivity contribution in [3.8, 4) is 11.4 Å². The van der Waals surface area contributed by atoms with Crippen LogP contribution in [-0.4, -0.2) is 26.3 Å². The number of hydrogen-bond acceptors (Lipinski definition) is 2. The van der Waals surface area contributed by atoms with Crippen LogP contribution in [0.4, 0.5) is 4.39 Å². The van der Waals surface area contributed by atoms with E-state index < -0.39 is 11.8 Å². The number of nitrogens with one attached hydrogen (secondary N) is 2. The number of nitrogens with zero attached hydrogens (tertiary/aromatic N) is 1. The Hall–Kier alpha value is -2.63. The van der Waals surface area contributed by atoms with Crippen molar-refractivity contribution < 1.29 is 14.3 Å². The molecule has 0 unspecified atom stereocenters. The number of halogens is 1. The minimum Gasteiger partial charge on any atom is -0.478 e. The van der Waals surface area contributed by atoms with Crippen molar-refractivity contribution in [2.24, 2.45) is 5.41 Å². The van der Waals surface area contributed by atoms with Crippen LogP contribution >= 0.6 is 0 Å². The van der Waals surface area contributed by atoms with Gasteiger partial charge in [-0.2, -0.15) is 5.10 Å². The lowest BCUT2D eigenvalue weighted by molar-refractivity contribution is 0.0692. The van der Waals surface area contributed by atoms with E-state index >= 15 is 0 Å². The predicted molar refractivity (Wildman–Crippen MR) is 88.6 cm³/mol. The third-order valence-electron chi connectivity index (χ3n) is 4.85. The molecule has 2 heterocycles. The third kappa shape index (κ3) is 2.29. The molecule has 5 nitrogen and oxygen atoms in total. The quantitative estimate of drug-likeness (QED) is 0.667. The van der Waals surface area contributed by atoms with Gasteiger partial charge in [0, 0.05) is 22.2 Å². The van der Waals surface area contributed by atoms with Crippen LogP contribution < -0.4 is 0 Å². The van der Waals surface area contributed by atoms with Gasteiger partial charge in [-0.15, -0.1) is 0 Å². The largest absolute Gasteiger partial charge is 0.478 e. The van der Waals surface area contributed by atoms with Gasteiger partial charge < -0.3 is 10.1 Å². The van der Waals surface area contributed by atoms with E-state index in [2.05, 4.69) is 29.0 Å². The fourth-order valence-corrected chi connectivity index (χ4v) is 3.51. The maximum absolute atomic E-state index is 13.9. The summed E-state index contributed by atoms with van der Waals surface area (Å²) < 4.78 is 13.9. The number of benzene rings is 1. The molecule has 3 N–H and O–H groups in total. The van der Waals surface area contributed by atoms with Crippen molar-refractivity contribution in [3.63, 3.8) is 0 Å². The van der Waals surface area contributed by atoms with Crippen LogP contribution in [0.25, 0.3) is 22.3 Å². The number of carboxylic acids is 1. The second-order valence-corrected chi connectivity index (χ2v) is 7.28. The van der Waals surface area contributed by atoms with Gasteiger partial charge in [0.25, 0.3) is 0 Å². The molecule has 1 aromatic carbocycles. The van der Waals surface area contributed by atoms with E-state index in [0.29, 0.717) is 10.9 Å². The molecule has 3 aromatic rings. The number of aromatic amines is 2. The van der Waals surface area contributed by atoms with Crippen LogP contribution in [-0.2, 0) is 12.8 Å². The molecule has 0 saturated carbocycles. The molecular formula is C18H18FN3O2. The third-order valence-corrected chi connectivity index (χ3v) is 4.85. The molecule has 2 aromatic heterocycles. The van der Waals surface area contributed by atoms with Gasteiger partial charge in [-0.3, -0.25) is 5.10 Å². The molecule has 4 rings (SSSR count). The lowest BCUT2D eigenvalue weighted by Crippen LogP contribution is -2.21. The van der Waals surface area contributed by atoms with Crippen molar-refractivity contribution in [1.29, 1.82) is 0 Å².